The van der Waals surface area contributed by atoms with Crippen LogP contribution in [0, 0.1) is 5.92 Å². The highest BCUT2D eigenvalue weighted by molar-refractivity contribution is 6.08. The maximum Gasteiger partial charge on any atom is 0.187 e. The van der Waals surface area contributed by atoms with E-state index in [0.717, 1.165) is 17.3 Å². The molecule has 0 aliphatic heterocycles. The van der Waals surface area contributed by atoms with Gasteiger partial charge < -0.3 is 0 Å². The van der Waals surface area contributed by atoms with Crippen LogP contribution in [0.4, 0.5) is 0 Å². The predicted octanol–water partition coefficient (Wildman–Crippen LogP) is 3.56. The molecule has 3 aromatic rings. The molecule has 2 aromatic carbocycles. The number of hydrogen-bond acceptors (Lipinski definition) is 2. The number of para-hydroxylation sites is 1. The van der Waals surface area contributed by atoms with Crippen molar-refractivity contribution in [1.82, 2.24) is 9.78 Å². The number of rotatable bonds is 3. The van der Waals surface area contributed by atoms with E-state index < -0.39 is 0 Å². The monoisotopic (exact) mass is 276 g/mol. The number of carbonyl (C=O) groups excluding carboxylic acids is 1. The summed E-state index contributed by atoms with van der Waals surface area (Å²) in [5.41, 5.74) is 2.89. The van der Waals surface area contributed by atoms with E-state index in [-0.39, 0.29) is 11.7 Å². The molecular formula is C18H16N2O. The first kappa shape index (κ1) is 12.3. The number of aryl methyl sites for hydroxylation is 1. The lowest BCUT2D eigenvalue weighted by Crippen LogP contribution is -2.05. The third-order valence-corrected chi connectivity index (χ3v) is 4.35. The molecule has 21 heavy (non-hydrogen) atoms. The van der Waals surface area contributed by atoms with Crippen molar-refractivity contribution in [2.45, 2.75) is 12.3 Å². The summed E-state index contributed by atoms with van der Waals surface area (Å²) < 4.78 is 1.79. The average molecular weight is 276 g/mol. The van der Waals surface area contributed by atoms with Crippen molar-refractivity contribution < 1.29 is 4.79 Å². The lowest BCUT2D eigenvalue weighted by atomic mass is 10.0. The number of hydrogen-bond donors (Lipinski definition) is 0. The van der Waals surface area contributed by atoms with E-state index in [1.807, 2.05) is 49.5 Å². The Morgan fingerprint density at radius 1 is 1.10 bits per heavy atom. The van der Waals surface area contributed by atoms with Crippen molar-refractivity contribution in [2.75, 3.05) is 0 Å². The third-order valence-electron chi connectivity index (χ3n) is 4.35. The summed E-state index contributed by atoms with van der Waals surface area (Å²) in [6.07, 6.45) is 0.938. The maximum absolute atomic E-state index is 12.7. The molecule has 0 saturated heterocycles. The zero-order valence-electron chi connectivity index (χ0n) is 11.9. The summed E-state index contributed by atoms with van der Waals surface area (Å²) in [7, 11) is 1.89. The van der Waals surface area contributed by atoms with Crippen molar-refractivity contribution in [3.05, 3.63) is 65.9 Å². The van der Waals surface area contributed by atoms with Gasteiger partial charge in [0.05, 0.1) is 5.52 Å². The van der Waals surface area contributed by atoms with E-state index in [4.69, 9.17) is 0 Å². The topological polar surface area (TPSA) is 34.9 Å². The molecule has 0 spiro atoms. The summed E-state index contributed by atoms with van der Waals surface area (Å²) in [6, 6.07) is 18.2. The molecule has 4 rings (SSSR count). The van der Waals surface area contributed by atoms with Crippen LogP contribution in [-0.2, 0) is 7.05 Å². The molecule has 3 nitrogen and oxygen atoms in total. The maximum atomic E-state index is 12.7. The first-order valence-electron chi connectivity index (χ1n) is 7.26. The molecule has 0 N–H and O–H groups in total. The van der Waals surface area contributed by atoms with Gasteiger partial charge in [-0.15, -0.1) is 0 Å². The molecule has 1 aliphatic rings. The van der Waals surface area contributed by atoms with Crippen LogP contribution in [0.3, 0.4) is 0 Å². The normalized spacial score (nSPS) is 20.6. The Hall–Kier alpha value is -2.42. The molecule has 1 aromatic heterocycles. The molecule has 0 bridgehead atoms. The number of nitrogens with zero attached hydrogens (tertiary/aromatic N) is 2. The molecule has 0 amide bonds. The zero-order chi connectivity index (χ0) is 14.4. The smallest absolute Gasteiger partial charge is 0.187 e. The van der Waals surface area contributed by atoms with Crippen LogP contribution in [-0.4, -0.2) is 15.6 Å². The summed E-state index contributed by atoms with van der Waals surface area (Å²) in [4.78, 5) is 12.7. The van der Waals surface area contributed by atoms with Gasteiger partial charge >= 0.3 is 0 Å². The van der Waals surface area contributed by atoms with Crippen molar-refractivity contribution in [3.63, 3.8) is 0 Å². The van der Waals surface area contributed by atoms with Crippen molar-refractivity contribution >= 4 is 16.7 Å². The van der Waals surface area contributed by atoms with Gasteiger partial charge in [-0.1, -0.05) is 48.5 Å². The summed E-state index contributed by atoms with van der Waals surface area (Å²) in [5.74, 6) is 0.630. The fourth-order valence-corrected chi connectivity index (χ4v) is 3.12. The van der Waals surface area contributed by atoms with Gasteiger partial charge in [0, 0.05) is 18.4 Å². The Balaban J connectivity index is 1.67. The minimum atomic E-state index is 0.0886. The lowest BCUT2D eigenvalue weighted by molar-refractivity contribution is 0.0961. The summed E-state index contributed by atoms with van der Waals surface area (Å²) >= 11 is 0. The minimum absolute atomic E-state index is 0.0886. The molecule has 1 saturated carbocycles. The van der Waals surface area contributed by atoms with E-state index in [2.05, 4.69) is 17.2 Å². The van der Waals surface area contributed by atoms with Gasteiger partial charge in [0.1, 0.15) is 5.69 Å². The summed E-state index contributed by atoms with van der Waals surface area (Å²) in [5, 5.41) is 5.41. The minimum Gasteiger partial charge on any atom is -0.292 e. The SMILES string of the molecule is Cn1nc(C(=O)C2CC2c2ccccc2)c2ccccc21. The Kier molecular flexibility index (Phi) is 2.67. The number of fused-ring (bicyclic) bond motifs is 1. The van der Waals surface area contributed by atoms with Gasteiger partial charge in [-0.25, -0.2) is 0 Å². The second-order valence-electron chi connectivity index (χ2n) is 5.71. The van der Waals surface area contributed by atoms with Crippen LogP contribution in [0.5, 0.6) is 0 Å². The second kappa shape index (κ2) is 4.55. The van der Waals surface area contributed by atoms with Gasteiger partial charge in [-0.3, -0.25) is 9.48 Å². The van der Waals surface area contributed by atoms with Crippen molar-refractivity contribution in [2.24, 2.45) is 13.0 Å². The number of carbonyl (C=O) groups is 1. The fourth-order valence-electron chi connectivity index (χ4n) is 3.12. The molecule has 1 fully saturated rings. The molecule has 3 heteroatoms. The molecule has 0 radical (unpaired) electrons. The highest BCUT2D eigenvalue weighted by Gasteiger charge is 2.45. The Morgan fingerprint density at radius 3 is 2.62 bits per heavy atom. The van der Waals surface area contributed by atoms with E-state index >= 15 is 0 Å². The Bertz CT molecular complexity index is 820. The van der Waals surface area contributed by atoms with Crippen molar-refractivity contribution in [3.8, 4) is 0 Å². The molecule has 2 unspecified atom stereocenters. The molecule has 1 heterocycles. The van der Waals surface area contributed by atoms with Crippen LogP contribution >= 0.6 is 0 Å². The zero-order valence-corrected chi connectivity index (χ0v) is 11.9. The third kappa shape index (κ3) is 1.97. The van der Waals surface area contributed by atoms with E-state index in [1.54, 1.807) is 4.68 Å². The molecule has 2 atom stereocenters. The largest absolute Gasteiger partial charge is 0.292 e. The standard InChI is InChI=1S/C18H16N2O/c1-20-16-10-6-5-9-13(16)17(19-20)18(21)15-11-14(15)12-7-3-2-4-8-12/h2-10,14-15H,11H2,1H3. The van der Waals surface area contributed by atoms with Crippen LogP contribution in [0.25, 0.3) is 10.9 Å². The second-order valence-corrected chi connectivity index (χ2v) is 5.71. The van der Waals surface area contributed by atoms with Gasteiger partial charge in [0.2, 0.25) is 0 Å². The lowest BCUT2D eigenvalue weighted by Gasteiger charge is -1.99. The van der Waals surface area contributed by atoms with Crippen LogP contribution in [0.1, 0.15) is 28.4 Å². The van der Waals surface area contributed by atoms with Crippen molar-refractivity contribution in [1.29, 1.82) is 0 Å². The van der Waals surface area contributed by atoms with Gasteiger partial charge in [-0.05, 0) is 24.0 Å². The van der Waals surface area contributed by atoms with Crippen LogP contribution < -0.4 is 0 Å². The first-order chi connectivity index (χ1) is 10.3. The van der Waals surface area contributed by atoms with E-state index in [0.29, 0.717) is 11.6 Å². The Labute approximate surface area is 123 Å². The predicted molar refractivity (Wildman–Crippen MR) is 82.3 cm³/mol. The average Bonchev–Trinajstić information content (AvgIpc) is 3.27. The highest BCUT2D eigenvalue weighted by Crippen LogP contribution is 2.49. The van der Waals surface area contributed by atoms with E-state index in [9.17, 15) is 4.79 Å². The Morgan fingerprint density at radius 2 is 1.81 bits per heavy atom. The number of aromatic nitrogens is 2. The van der Waals surface area contributed by atoms with Gasteiger partial charge in [0.15, 0.2) is 5.78 Å². The van der Waals surface area contributed by atoms with Gasteiger partial charge in [-0.2, -0.15) is 5.10 Å². The first-order valence-corrected chi connectivity index (χ1v) is 7.26. The highest BCUT2D eigenvalue weighted by atomic mass is 16.1. The number of ketones is 1. The van der Waals surface area contributed by atoms with Gasteiger partial charge in [0.25, 0.3) is 0 Å². The van der Waals surface area contributed by atoms with E-state index in [1.165, 1.54) is 5.56 Å². The van der Waals surface area contributed by atoms with Crippen LogP contribution in [0.15, 0.2) is 54.6 Å². The fraction of sp³-hybridized carbons (Fsp3) is 0.222. The number of benzene rings is 2. The molecule has 104 valence electrons. The molecular weight excluding hydrogens is 260 g/mol. The van der Waals surface area contributed by atoms with Crippen LogP contribution in [0.2, 0.25) is 0 Å². The molecule has 1 aliphatic carbocycles. The summed E-state index contributed by atoms with van der Waals surface area (Å²) in [6.45, 7) is 0. The quantitative estimate of drug-likeness (QED) is 0.686. The number of Topliss-reactive ketones (excluding diaryl/α,β-unsaturated/α-hetero) is 1.